The van der Waals surface area contributed by atoms with Crippen molar-refractivity contribution in [2.24, 2.45) is 0 Å². The minimum absolute atomic E-state index is 0.509. The number of fused-ring (bicyclic) bond motifs is 1. The molecule has 1 unspecified atom stereocenters. The minimum atomic E-state index is 0.509. The fraction of sp³-hybridized carbons (Fsp3) is 0.400. The van der Waals surface area contributed by atoms with Crippen molar-refractivity contribution in [1.29, 1.82) is 0 Å². The van der Waals surface area contributed by atoms with Gasteiger partial charge in [-0.15, -0.1) is 0 Å². The van der Waals surface area contributed by atoms with Crippen molar-refractivity contribution in [3.63, 3.8) is 0 Å². The molecule has 1 N–H and O–H groups in total. The molecule has 63 valence electrons. The summed E-state index contributed by atoms with van der Waals surface area (Å²) in [5.41, 5.74) is 2.70. The maximum atomic E-state index is 5.04. The Kier molecular flexibility index (Phi) is 2.26. The van der Waals surface area contributed by atoms with Gasteiger partial charge >= 0.3 is 0 Å². The van der Waals surface area contributed by atoms with E-state index in [1.807, 2.05) is 0 Å². The van der Waals surface area contributed by atoms with Crippen molar-refractivity contribution in [2.45, 2.75) is 18.9 Å². The third-order valence-electron chi connectivity index (χ3n) is 2.34. The van der Waals surface area contributed by atoms with Gasteiger partial charge in [0.2, 0.25) is 0 Å². The first-order chi connectivity index (χ1) is 5.90. The van der Waals surface area contributed by atoms with Crippen LogP contribution in [0.15, 0.2) is 24.3 Å². The molecule has 0 spiro atoms. The van der Waals surface area contributed by atoms with Crippen molar-refractivity contribution < 1.29 is 0 Å². The van der Waals surface area contributed by atoms with Gasteiger partial charge in [-0.05, 0) is 24.5 Å². The molecule has 0 aromatic heterocycles. The molecule has 2 heteroatoms. The summed E-state index contributed by atoms with van der Waals surface area (Å²) in [6.45, 7) is 0. The van der Waals surface area contributed by atoms with E-state index in [2.05, 4.69) is 29.6 Å². The van der Waals surface area contributed by atoms with Gasteiger partial charge in [0, 0.05) is 17.5 Å². The van der Waals surface area contributed by atoms with Crippen LogP contribution in [0.25, 0.3) is 0 Å². The maximum Gasteiger partial charge on any atom is 0.0375 e. The fourth-order valence-corrected chi connectivity index (χ4v) is 1.88. The highest BCUT2D eigenvalue weighted by Crippen LogP contribution is 2.24. The number of benzene rings is 1. The van der Waals surface area contributed by atoms with Gasteiger partial charge in [-0.2, -0.15) is 0 Å². The average molecular weight is 178 g/mol. The van der Waals surface area contributed by atoms with Gasteiger partial charge in [0.25, 0.3) is 0 Å². The van der Waals surface area contributed by atoms with E-state index in [9.17, 15) is 0 Å². The van der Waals surface area contributed by atoms with Crippen LogP contribution < -0.4 is 5.32 Å². The molecule has 2 rings (SSSR count). The largest absolute Gasteiger partial charge is 0.381 e. The zero-order valence-electron chi connectivity index (χ0n) is 6.92. The van der Waals surface area contributed by atoms with Gasteiger partial charge < -0.3 is 5.32 Å². The lowest BCUT2D eigenvalue weighted by molar-refractivity contribution is 0.690. The molecule has 1 aliphatic rings. The number of aryl methyl sites for hydroxylation is 1. The number of hydrogen-bond acceptors (Lipinski definition) is 1. The van der Waals surface area contributed by atoms with Gasteiger partial charge in [-0.1, -0.05) is 30.8 Å². The van der Waals surface area contributed by atoms with E-state index in [-0.39, 0.29) is 0 Å². The molecule has 1 nitrogen and oxygen atoms in total. The molecular weight excluding hydrogens is 166 g/mol. The molecule has 12 heavy (non-hydrogen) atoms. The summed E-state index contributed by atoms with van der Waals surface area (Å²) >= 11 is 5.04. The number of rotatable bonds is 1. The Bertz CT molecular complexity index is 272. The molecule has 0 aliphatic carbocycles. The van der Waals surface area contributed by atoms with E-state index in [0.717, 1.165) is 5.75 Å². The third kappa shape index (κ3) is 1.44. The molecule has 1 heterocycles. The molecule has 1 radical (unpaired) electrons. The Hall–Kier alpha value is -0.630. The van der Waals surface area contributed by atoms with Crippen LogP contribution in [0.4, 0.5) is 5.69 Å². The van der Waals surface area contributed by atoms with Crippen LogP contribution in [-0.4, -0.2) is 11.8 Å². The van der Waals surface area contributed by atoms with Gasteiger partial charge in [0.05, 0.1) is 0 Å². The van der Waals surface area contributed by atoms with E-state index < -0.39 is 0 Å². The Morgan fingerprint density at radius 1 is 1.42 bits per heavy atom. The number of para-hydroxylation sites is 1. The first kappa shape index (κ1) is 7.99. The average Bonchev–Trinajstić information content (AvgIpc) is 2.17. The summed E-state index contributed by atoms with van der Waals surface area (Å²) in [6, 6.07) is 8.98. The van der Waals surface area contributed by atoms with Crippen molar-refractivity contribution >= 4 is 18.3 Å². The summed E-state index contributed by atoms with van der Waals surface area (Å²) in [5.74, 6) is 0.814. The molecule has 0 saturated carbocycles. The van der Waals surface area contributed by atoms with Crippen LogP contribution in [0.2, 0.25) is 0 Å². The fourth-order valence-electron chi connectivity index (χ4n) is 1.63. The second kappa shape index (κ2) is 3.40. The molecule has 1 aliphatic heterocycles. The van der Waals surface area contributed by atoms with Crippen molar-refractivity contribution in [2.75, 3.05) is 11.1 Å². The second-order valence-electron chi connectivity index (χ2n) is 3.20. The first-order valence-corrected chi connectivity index (χ1v) is 4.90. The number of anilines is 1. The minimum Gasteiger partial charge on any atom is -0.381 e. The normalized spacial score (nSPS) is 21.2. The summed E-state index contributed by atoms with van der Waals surface area (Å²) in [7, 11) is 0. The lowest BCUT2D eigenvalue weighted by Gasteiger charge is -2.25. The van der Waals surface area contributed by atoms with Crippen molar-refractivity contribution in [1.82, 2.24) is 0 Å². The molecular formula is C10H12NS. The van der Waals surface area contributed by atoms with Crippen molar-refractivity contribution in [3.05, 3.63) is 29.8 Å². The summed E-state index contributed by atoms with van der Waals surface area (Å²) in [5, 5.41) is 3.44. The molecule has 0 fully saturated rings. The van der Waals surface area contributed by atoms with E-state index in [1.165, 1.54) is 24.1 Å². The highest BCUT2D eigenvalue weighted by atomic mass is 32.1. The summed E-state index contributed by atoms with van der Waals surface area (Å²) in [6.07, 6.45) is 2.35. The molecule has 0 bridgehead atoms. The van der Waals surface area contributed by atoms with Crippen molar-refractivity contribution in [3.8, 4) is 0 Å². The lowest BCUT2D eigenvalue weighted by atomic mass is 9.99. The van der Waals surface area contributed by atoms with Gasteiger partial charge in [0.1, 0.15) is 0 Å². The zero-order valence-corrected chi connectivity index (χ0v) is 7.73. The molecule has 1 atom stereocenters. The van der Waals surface area contributed by atoms with Gasteiger partial charge in [0.15, 0.2) is 0 Å². The molecule has 0 saturated heterocycles. The number of nitrogens with one attached hydrogen (secondary N) is 1. The predicted octanol–water partition coefficient (Wildman–Crippen LogP) is 2.61. The topological polar surface area (TPSA) is 12.0 Å². The summed E-state index contributed by atoms with van der Waals surface area (Å²) in [4.78, 5) is 0. The van der Waals surface area contributed by atoms with Crippen LogP contribution in [-0.2, 0) is 6.42 Å². The molecule has 0 amide bonds. The van der Waals surface area contributed by atoms with Crippen LogP contribution in [0.1, 0.15) is 12.0 Å². The molecule has 1 aromatic rings. The molecule has 1 aromatic carbocycles. The smallest absolute Gasteiger partial charge is 0.0375 e. The highest BCUT2D eigenvalue weighted by Gasteiger charge is 2.14. The number of hydrogen-bond donors (Lipinski definition) is 1. The highest BCUT2D eigenvalue weighted by molar-refractivity contribution is 7.80. The SMILES string of the molecule is [S]CC1CCc2ccccc2N1. The third-order valence-corrected chi connectivity index (χ3v) is 2.74. The van der Waals surface area contributed by atoms with E-state index in [4.69, 9.17) is 12.6 Å². The predicted molar refractivity (Wildman–Crippen MR) is 54.6 cm³/mol. The zero-order chi connectivity index (χ0) is 8.39. The lowest BCUT2D eigenvalue weighted by Crippen LogP contribution is -2.26. The first-order valence-electron chi connectivity index (χ1n) is 4.32. The van der Waals surface area contributed by atoms with Gasteiger partial charge in [-0.25, -0.2) is 0 Å². The van der Waals surface area contributed by atoms with Crippen LogP contribution in [0.5, 0.6) is 0 Å². The van der Waals surface area contributed by atoms with E-state index in [1.54, 1.807) is 0 Å². The van der Waals surface area contributed by atoms with E-state index >= 15 is 0 Å². The quantitative estimate of drug-likeness (QED) is 0.697. The van der Waals surface area contributed by atoms with Gasteiger partial charge in [-0.3, -0.25) is 0 Å². The van der Waals surface area contributed by atoms with Crippen LogP contribution in [0, 0.1) is 0 Å². The van der Waals surface area contributed by atoms with E-state index in [0.29, 0.717) is 6.04 Å². The van der Waals surface area contributed by atoms with Crippen LogP contribution >= 0.6 is 12.6 Å². The standard InChI is InChI=1S/C10H12NS/c12-7-9-6-5-8-3-1-2-4-10(8)11-9/h1-4,9,11H,5-7H2. The maximum absolute atomic E-state index is 5.04. The Morgan fingerprint density at radius 3 is 3.08 bits per heavy atom. The summed E-state index contributed by atoms with van der Waals surface area (Å²) < 4.78 is 0. The van der Waals surface area contributed by atoms with Crippen LogP contribution in [0.3, 0.4) is 0 Å². The Morgan fingerprint density at radius 2 is 2.25 bits per heavy atom. The Labute approximate surface area is 78.6 Å². The Balaban J connectivity index is 2.23. The monoisotopic (exact) mass is 178 g/mol. The second-order valence-corrected chi connectivity index (χ2v) is 3.54.